The molecule has 0 bridgehead atoms. The Hall–Kier alpha value is -0.760. The van der Waals surface area contributed by atoms with Crippen molar-refractivity contribution in [3.8, 4) is 0 Å². The molecule has 0 radical (unpaired) electrons. The molecule has 0 spiro atoms. The summed E-state index contributed by atoms with van der Waals surface area (Å²) < 4.78 is 22.1. The maximum atomic E-state index is 12.7. The molecule has 0 fully saturated rings. The lowest BCUT2D eigenvalue weighted by Crippen LogP contribution is -2.45. The molecule has 51 heavy (non-hydrogen) atoms. The number of aliphatic hydroxyl groups is 1. The molecule has 9 heteroatoms. The van der Waals surface area contributed by atoms with Crippen molar-refractivity contribution in [1.82, 2.24) is 5.32 Å². The molecule has 1 amide bonds. The van der Waals surface area contributed by atoms with Crippen molar-refractivity contribution in [2.45, 2.75) is 231 Å². The third kappa shape index (κ3) is 37.4. The molecule has 0 saturated heterocycles. The van der Waals surface area contributed by atoms with E-state index in [9.17, 15) is 19.4 Å². The number of nitrogens with two attached hydrogens (primary N) is 1. The van der Waals surface area contributed by atoms with Gasteiger partial charge in [-0.3, -0.25) is 13.8 Å². The Morgan fingerprint density at radius 2 is 1.00 bits per heavy atom. The first-order valence-corrected chi connectivity index (χ1v) is 23.3. The van der Waals surface area contributed by atoms with Gasteiger partial charge in [-0.2, -0.15) is 0 Å². The fourth-order valence-corrected chi connectivity index (χ4v) is 7.30. The van der Waals surface area contributed by atoms with Crippen LogP contribution >= 0.6 is 7.82 Å². The van der Waals surface area contributed by atoms with E-state index in [1.54, 1.807) is 6.08 Å². The first kappa shape index (κ1) is 50.2. The van der Waals surface area contributed by atoms with Crippen molar-refractivity contribution in [3.63, 3.8) is 0 Å². The van der Waals surface area contributed by atoms with Gasteiger partial charge in [0.05, 0.1) is 25.4 Å². The van der Waals surface area contributed by atoms with E-state index in [-0.39, 0.29) is 25.7 Å². The molecule has 0 aliphatic heterocycles. The molecular weight excluding hydrogens is 659 g/mol. The number of amides is 1. The Kier molecular flexibility index (Phi) is 38.4. The lowest BCUT2D eigenvalue weighted by molar-refractivity contribution is -0.123. The third-order valence-corrected chi connectivity index (χ3v) is 10.8. The zero-order valence-electron chi connectivity index (χ0n) is 33.6. The molecule has 0 heterocycles. The largest absolute Gasteiger partial charge is 0.472 e. The number of rotatable bonds is 41. The second-order valence-electron chi connectivity index (χ2n) is 14.9. The normalized spacial score (nSPS) is 14.2. The van der Waals surface area contributed by atoms with Crippen LogP contribution in [0.4, 0.5) is 0 Å². The molecule has 5 N–H and O–H groups in total. The van der Waals surface area contributed by atoms with Gasteiger partial charge in [-0.05, 0) is 19.3 Å². The van der Waals surface area contributed by atoms with Crippen molar-refractivity contribution in [1.29, 1.82) is 0 Å². The number of nitrogens with one attached hydrogen (secondary N) is 1. The SMILES string of the molecule is CCCCCCCCCCC/C=C/C(O)C(COP(=O)(O)OCCN)NC(=O)CCCCCCCCCCCCCCCCCCCCCCC. The summed E-state index contributed by atoms with van der Waals surface area (Å²) in [6.07, 6.45) is 42.7. The molecule has 0 saturated carbocycles. The number of phosphoric acid groups is 1. The van der Waals surface area contributed by atoms with E-state index < -0.39 is 20.0 Å². The van der Waals surface area contributed by atoms with Crippen LogP contribution in [-0.4, -0.2) is 47.8 Å². The minimum atomic E-state index is -4.33. The number of carbonyl (C=O) groups is 1. The van der Waals surface area contributed by atoms with Crippen molar-refractivity contribution in [3.05, 3.63) is 12.2 Å². The number of allylic oxidation sites excluding steroid dienone is 1. The van der Waals surface area contributed by atoms with Gasteiger partial charge < -0.3 is 21.1 Å². The minimum Gasteiger partial charge on any atom is -0.387 e. The predicted molar refractivity (Wildman–Crippen MR) is 217 cm³/mol. The van der Waals surface area contributed by atoms with Gasteiger partial charge >= 0.3 is 7.82 Å². The molecular formula is C42H85N2O6P. The van der Waals surface area contributed by atoms with E-state index in [2.05, 4.69) is 19.2 Å². The van der Waals surface area contributed by atoms with E-state index in [4.69, 9.17) is 14.8 Å². The van der Waals surface area contributed by atoms with Crippen molar-refractivity contribution >= 4 is 13.7 Å². The molecule has 0 aromatic heterocycles. The quantitative estimate of drug-likeness (QED) is 0.0278. The Bertz CT molecular complexity index is 814. The number of phosphoric ester groups is 1. The van der Waals surface area contributed by atoms with Crippen molar-refractivity contribution in [2.75, 3.05) is 19.8 Å². The Labute approximate surface area is 315 Å². The Morgan fingerprint density at radius 1 is 0.627 bits per heavy atom. The number of aliphatic hydroxyl groups excluding tert-OH is 1. The standard InChI is InChI=1S/C42H85N2O6P/c1-3-5-7-9-11-13-15-16-17-18-19-20-21-22-23-24-26-28-30-32-34-36-42(46)44-40(39-50-51(47,48)49-38-37-43)41(45)35-33-31-29-27-25-14-12-10-8-6-4-2/h33,35,40-41,45H,3-32,34,36-39,43H2,1-2H3,(H,44,46)(H,47,48)/b35-33+. The van der Waals surface area contributed by atoms with Gasteiger partial charge in [-0.1, -0.05) is 206 Å². The maximum Gasteiger partial charge on any atom is 0.472 e. The van der Waals surface area contributed by atoms with Gasteiger partial charge in [0.25, 0.3) is 0 Å². The topological polar surface area (TPSA) is 131 Å². The molecule has 0 aliphatic rings. The molecule has 0 aliphatic carbocycles. The highest BCUT2D eigenvalue weighted by molar-refractivity contribution is 7.47. The van der Waals surface area contributed by atoms with Crippen molar-refractivity contribution in [2.24, 2.45) is 5.73 Å². The highest BCUT2D eigenvalue weighted by atomic mass is 31.2. The van der Waals surface area contributed by atoms with Crippen LogP contribution in [0.2, 0.25) is 0 Å². The minimum absolute atomic E-state index is 0.0812. The van der Waals surface area contributed by atoms with Gasteiger partial charge in [0.1, 0.15) is 0 Å². The molecule has 3 atom stereocenters. The molecule has 0 rings (SSSR count). The van der Waals surface area contributed by atoms with Crippen LogP contribution in [0.5, 0.6) is 0 Å². The summed E-state index contributed by atoms with van der Waals surface area (Å²) in [5.41, 5.74) is 5.36. The van der Waals surface area contributed by atoms with E-state index in [0.29, 0.717) is 6.42 Å². The first-order valence-electron chi connectivity index (χ1n) is 21.8. The van der Waals surface area contributed by atoms with Gasteiger partial charge in [0.15, 0.2) is 0 Å². The molecule has 304 valence electrons. The first-order chi connectivity index (χ1) is 24.9. The Balaban J connectivity index is 4.07. The van der Waals surface area contributed by atoms with Crippen LogP contribution in [0.25, 0.3) is 0 Å². The summed E-state index contributed by atoms with van der Waals surface area (Å²) in [5, 5.41) is 13.6. The maximum absolute atomic E-state index is 12.7. The Morgan fingerprint density at radius 3 is 1.39 bits per heavy atom. The fourth-order valence-electron chi connectivity index (χ4n) is 6.54. The van der Waals surface area contributed by atoms with Crippen LogP contribution in [0.15, 0.2) is 12.2 Å². The van der Waals surface area contributed by atoms with Crippen LogP contribution in [-0.2, 0) is 18.4 Å². The van der Waals surface area contributed by atoms with E-state index in [1.165, 1.54) is 161 Å². The summed E-state index contributed by atoms with van der Waals surface area (Å²) in [6.45, 7) is 4.14. The third-order valence-electron chi connectivity index (χ3n) is 9.86. The van der Waals surface area contributed by atoms with Crippen molar-refractivity contribution < 1.29 is 28.4 Å². The molecule has 8 nitrogen and oxygen atoms in total. The number of carbonyl (C=O) groups excluding carboxylic acids is 1. The monoisotopic (exact) mass is 745 g/mol. The van der Waals surface area contributed by atoms with Gasteiger partial charge in [-0.15, -0.1) is 0 Å². The summed E-state index contributed by atoms with van der Waals surface area (Å²) in [6, 6.07) is -0.853. The fraction of sp³-hybridized carbons (Fsp3) is 0.929. The molecule has 0 aromatic rings. The smallest absolute Gasteiger partial charge is 0.387 e. The summed E-state index contributed by atoms with van der Waals surface area (Å²) >= 11 is 0. The van der Waals surface area contributed by atoms with E-state index >= 15 is 0 Å². The number of hydrogen-bond donors (Lipinski definition) is 4. The van der Waals surface area contributed by atoms with Gasteiger partial charge in [-0.25, -0.2) is 4.57 Å². The highest BCUT2D eigenvalue weighted by Gasteiger charge is 2.26. The van der Waals surface area contributed by atoms with Crippen LogP contribution in [0.1, 0.15) is 219 Å². The molecule has 3 unspecified atom stereocenters. The summed E-state index contributed by atoms with van der Waals surface area (Å²) in [4.78, 5) is 22.7. The van der Waals surface area contributed by atoms with Crippen LogP contribution in [0.3, 0.4) is 0 Å². The number of hydrogen-bond acceptors (Lipinski definition) is 6. The molecule has 0 aromatic carbocycles. The van der Waals surface area contributed by atoms with E-state index in [1.807, 2.05) is 6.08 Å². The zero-order valence-corrected chi connectivity index (χ0v) is 34.5. The van der Waals surface area contributed by atoms with Gasteiger partial charge in [0.2, 0.25) is 5.91 Å². The van der Waals surface area contributed by atoms with Crippen LogP contribution < -0.4 is 11.1 Å². The summed E-state index contributed by atoms with van der Waals surface area (Å²) in [7, 11) is -4.33. The number of unbranched alkanes of at least 4 members (excludes halogenated alkanes) is 29. The van der Waals surface area contributed by atoms with Crippen LogP contribution in [0, 0.1) is 0 Å². The second-order valence-corrected chi connectivity index (χ2v) is 16.4. The average molecular weight is 745 g/mol. The average Bonchev–Trinajstić information content (AvgIpc) is 3.12. The zero-order chi connectivity index (χ0) is 37.5. The summed E-state index contributed by atoms with van der Waals surface area (Å²) in [5.74, 6) is -0.191. The lowest BCUT2D eigenvalue weighted by Gasteiger charge is -2.23. The van der Waals surface area contributed by atoms with E-state index in [0.717, 1.165) is 38.5 Å². The van der Waals surface area contributed by atoms with Gasteiger partial charge in [0, 0.05) is 13.0 Å². The predicted octanol–water partition coefficient (Wildman–Crippen LogP) is 12.0. The second kappa shape index (κ2) is 38.9. The highest BCUT2D eigenvalue weighted by Crippen LogP contribution is 2.43. The lowest BCUT2D eigenvalue weighted by atomic mass is 10.0.